The Morgan fingerprint density at radius 3 is 2.81 bits per heavy atom. The largest absolute Gasteiger partial charge is 0.483 e. The predicted molar refractivity (Wildman–Crippen MR) is 124 cm³/mol. The number of nitrogens with one attached hydrogen (secondary N) is 1. The van der Waals surface area contributed by atoms with Crippen molar-refractivity contribution in [3.8, 4) is 0 Å². The van der Waals surface area contributed by atoms with Crippen LogP contribution in [-0.4, -0.2) is 69.0 Å². The van der Waals surface area contributed by atoms with Crippen molar-refractivity contribution in [2.45, 2.75) is 64.5 Å². The minimum absolute atomic E-state index is 0.0964. The number of fused-ring (bicyclic) bond motifs is 5. The van der Waals surface area contributed by atoms with Crippen molar-refractivity contribution in [2.75, 3.05) is 19.6 Å². The fourth-order valence-corrected chi connectivity index (χ4v) is 7.31. The number of H-pyrrole nitrogens is 1. The average Bonchev–Trinajstić information content (AvgIpc) is 3.14. The molecular formula is C23H32N4O4S. The summed E-state index contributed by atoms with van der Waals surface area (Å²) in [4.78, 5) is 47.3. The molecule has 32 heavy (non-hydrogen) atoms. The second-order valence-electron chi connectivity index (χ2n) is 9.20. The van der Waals surface area contributed by atoms with Gasteiger partial charge in [-0.3, -0.25) is 19.3 Å². The Bertz CT molecular complexity index is 1030. The van der Waals surface area contributed by atoms with Crippen molar-refractivity contribution in [1.29, 1.82) is 0 Å². The van der Waals surface area contributed by atoms with Crippen molar-refractivity contribution in [3.63, 3.8) is 0 Å². The lowest BCUT2D eigenvalue weighted by molar-refractivity contribution is -0.122. The van der Waals surface area contributed by atoms with E-state index in [4.69, 9.17) is 9.90 Å². The molecule has 8 nitrogen and oxygen atoms in total. The zero-order valence-corrected chi connectivity index (χ0v) is 19.6. The SMILES string of the molecule is CCC[C@H]1[C@H]2C[C@H](CN(C(=O)c3sc4nc[nH]c(=O)c4c3C)C2)[C@@H]2CCCCN21.O=CO. The summed E-state index contributed by atoms with van der Waals surface area (Å²) < 4.78 is 0. The molecule has 5 rings (SSSR count). The maximum Gasteiger partial charge on any atom is 0.290 e. The van der Waals surface area contributed by atoms with Crippen LogP contribution in [0, 0.1) is 18.8 Å². The van der Waals surface area contributed by atoms with E-state index in [1.54, 1.807) is 0 Å². The lowest BCUT2D eigenvalue weighted by Gasteiger charge is -2.57. The van der Waals surface area contributed by atoms with E-state index in [1.165, 1.54) is 62.7 Å². The Hall–Kier alpha value is -2.26. The first-order valence-electron chi connectivity index (χ1n) is 11.6. The maximum absolute atomic E-state index is 13.5. The lowest BCUT2D eigenvalue weighted by atomic mass is 9.71. The summed E-state index contributed by atoms with van der Waals surface area (Å²) in [6.45, 7) is 6.85. The molecule has 1 amide bonds. The molecule has 4 atom stereocenters. The fraction of sp³-hybridized carbons (Fsp3) is 0.652. The average molecular weight is 461 g/mol. The molecule has 0 saturated carbocycles. The highest BCUT2D eigenvalue weighted by Crippen LogP contribution is 2.43. The molecule has 2 aromatic rings. The molecule has 174 valence electrons. The Labute approximate surface area is 191 Å². The number of carbonyl (C=O) groups is 2. The second kappa shape index (κ2) is 9.70. The fourth-order valence-electron chi connectivity index (χ4n) is 6.19. The molecule has 0 unspecified atom stereocenters. The van der Waals surface area contributed by atoms with Crippen LogP contribution in [0.5, 0.6) is 0 Å². The van der Waals surface area contributed by atoms with Crippen molar-refractivity contribution in [2.24, 2.45) is 11.8 Å². The normalized spacial score (nSPS) is 27.4. The van der Waals surface area contributed by atoms with E-state index in [0.29, 0.717) is 39.0 Å². The Kier molecular flexibility index (Phi) is 6.95. The molecule has 2 aromatic heterocycles. The molecular weight excluding hydrogens is 428 g/mol. The van der Waals surface area contributed by atoms with Crippen LogP contribution in [0.1, 0.15) is 60.7 Å². The highest BCUT2D eigenvalue weighted by molar-refractivity contribution is 7.20. The van der Waals surface area contributed by atoms with Gasteiger partial charge in [0.2, 0.25) is 0 Å². The summed E-state index contributed by atoms with van der Waals surface area (Å²) in [5.74, 6) is 1.25. The van der Waals surface area contributed by atoms with Crippen LogP contribution >= 0.6 is 11.3 Å². The van der Waals surface area contributed by atoms with Gasteiger partial charge in [-0.1, -0.05) is 19.8 Å². The van der Waals surface area contributed by atoms with Gasteiger partial charge >= 0.3 is 0 Å². The summed E-state index contributed by atoms with van der Waals surface area (Å²) in [6, 6.07) is 1.25. The molecule has 5 heterocycles. The van der Waals surface area contributed by atoms with Gasteiger partial charge in [0.05, 0.1) is 16.6 Å². The molecule has 3 fully saturated rings. The van der Waals surface area contributed by atoms with E-state index in [2.05, 4.69) is 26.7 Å². The molecule has 9 heteroatoms. The molecule has 3 saturated heterocycles. The van der Waals surface area contributed by atoms with E-state index in [1.807, 2.05) is 6.92 Å². The topological polar surface area (TPSA) is 107 Å². The number of aromatic amines is 1. The number of hydrogen-bond acceptors (Lipinski definition) is 6. The van der Waals surface area contributed by atoms with Crippen LogP contribution in [0.2, 0.25) is 0 Å². The number of carboxylic acid groups (broad SMARTS) is 1. The number of amides is 1. The number of aryl methyl sites for hydroxylation is 1. The van der Waals surface area contributed by atoms with Crippen LogP contribution in [0.15, 0.2) is 11.1 Å². The number of likely N-dealkylation sites (tertiary alicyclic amines) is 1. The first-order valence-corrected chi connectivity index (χ1v) is 12.4. The van der Waals surface area contributed by atoms with Gasteiger partial charge in [0, 0.05) is 25.2 Å². The third-order valence-electron chi connectivity index (χ3n) is 7.42. The Morgan fingerprint density at radius 2 is 2.09 bits per heavy atom. The standard InChI is InChI=1S/C22H30N4O2S.CH2O2/c1-3-6-16-14-9-15(17-7-4-5-8-26(16)17)11-25(10-14)22(28)19-13(2)18-20(27)23-12-24-21(18)29-19;2-1-3/h12,14-17H,3-11H2,1-2H3,(H,23,24,27);1H,(H,2,3)/t14-,15+,16-,17-;/m0./s1. The molecule has 0 aliphatic carbocycles. The van der Waals surface area contributed by atoms with Crippen molar-refractivity contribution < 1.29 is 14.7 Å². The first kappa shape index (κ1) is 22.9. The predicted octanol–water partition coefficient (Wildman–Crippen LogP) is 3.11. The molecule has 3 aliphatic rings. The molecule has 2 N–H and O–H groups in total. The smallest absolute Gasteiger partial charge is 0.290 e. The van der Waals surface area contributed by atoms with Gasteiger partial charge in [-0.15, -0.1) is 11.3 Å². The van der Waals surface area contributed by atoms with Gasteiger partial charge in [-0.05, 0) is 56.6 Å². The van der Waals surface area contributed by atoms with Gasteiger partial charge in [0.25, 0.3) is 17.9 Å². The minimum atomic E-state index is -0.250. The van der Waals surface area contributed by atoms with Crippen LogP contribution in [0.3, 0.4) is 0 Å². The van der Waals surface area contributed by atoms with E-state index in [9.17, 15) is 9.59 Å². The van der Waals surface area contributed by atoms with Crippen molar-refractivity contribution >= 4 is 33.9 Å². The summed E-state index contributed by atoms with van der Waals surface area (Å²) in [5, 5.41) is 7.46. The van der Waals surface area contributed by atoms with Gasteiger partial charge in [-0.2, -0.15) is 0 Å². The number of piperidine rings is 3. The molecule has 0 radical (unpaired) electrons. The Morgan fingerprint density at radius 1 is 1.34 bits per heavy atom. The third kappa shape index (κ3) is 4.08. The highest BCUT2D eigenvalue weighted by Gasteiger charge is 2.47. The van der Waals surface area contributed by atoms with E-state index in [-0.39, 0.29) is 17.9 Å². The summed E-state index contributed by atoms with van der Waals surface area (Å²) in [6.07, 6.45) is 9.04. The van der Waals surface area contributed by atoms with Gasteiger partial charge in [0.1, 0.15) is 4.83 Å². The summed E-state index contributed by atoms with van der Waals surface area (Å²) in [7, 11) is 0. The quantitative estimate of drug-likeness (QED) is 0.682. The highest BCUT2D eigenvalue weighted by atomic mass is 32.1. The molecule has 0 aromatic carbocycles. The van der Waals surface area contributed by atoms with Gasteiger partial charge in [-0.25, -0.2) is 4.98 Å². The van der Waals surface area contributed by atoms with E-state index >= 15 is 0 Å². The molecule has 2 bridgehead atoms. The van der Waals surface area contributed by atoms with Crippen LogP contribution in [0.4, 0.5) is 0 Å². The van der Waals surface area contributed by atoms with Crippen molar-refractivity contribution in [1.82, 2.24) is 19.8 Å². The number of nitrogens with zero attached hydrogens (tertiary/aromatic N) is 3. The van der Waals surface area contributed by atoms with Gasteiger partial charge < -0.3 is 15.0 Å². The van der Waals surface area contributed by atoms with Crippen LogP contribution < -0.4 is 5.56 Å². The second-order valence-corrected chi connectivity index (χ2v) is 10.2. The lowest BCUT2D eigenvalue weighted by Crippen LogP contribution is -2.64. The zero-order valence-electron chi connectivity index (χ0n) is 18.7. The number of hydrogen-bond donors (Lipinski definition) is 2. The number of carbonyl (C=O) groups excluding carboxylic acids is 1. The molecule has 3 aliphatic heterocycles. The minimum Gasteiger partial charge on any atom is -0.483 e. The maximum atomic E-state index is 13.5. The van der Waals surface area contributed by atoms with E-state index in [0.717, 1.165) is 18.7 Å². The van der Waals surface area contributed by atoms with Crippen molar-refractivity contribution in [3.05, 3.63) is 27.1 Å². The van der Waals surface area contributed by atoms with Gasteiger partial charge in [0.15, 0.2) is 0 Å². The number of rotatable bonds is 3. The number of thiophene rings is 1. The zero-order chi connectivity index (χ0) is 22.8. The monoisotopic (exact) mass is 460 g/mol. The van der Waals surface area contributed by atoms with Crippen LogP contribution in [0.25, 0.3) is 10.2 Å². The first-order chi connectivity index (χ1) is 15.5. The summed E-state index contributed by atoms with van der Waals surface area (Å²) in [5.41, 5.74) is 0.628. The van der Waals surface area contributed by atoms with E-state index < -0.39 is 0 Å². The molecule has 0 spiro atoms. The van der Waals surface area contributed by atoms with Crippen LogP contribution in [-0.2, 0) is 4.79 Å². The Balaban J connectivity index is 0.000000775. The third-order valence-corrected chi connectivity index (χ3v) is 8.61. The number of aromatic nitrogens is 2. The summed E-state index contributed by atoms with van der Waals surface area (Å²) >= 11 is 1.37.